The summed E-state index contributed by atoms with van der Waals surface area (Å²) in [7, 11) is 0. The van der Waals surface area contributed by atoms with Crippen LogP contribution in [0.1, 0.15) is 72.2 Å². The van der Waals surface area contributed by atoms with Crippen molar-refractivity contribution in [3.05, 3.63) is 245 Å². The first-order valence-electron chi connectivity index (χ1n) is 22.3. The van der Waals surface area contributed by atoms with Crippen LogP contribution < -0.4 is 4.90 Å². The second kappa shape index (κ2) is 12.8. The molecular weight excluding hydrogens is 763 g/mol. The molecule has 0 aliphatic heterocycles. The van der Waals surface area contributed by atoms with Gasteiger partial charge in [-0.3, -0.25) is 0 Å². The lowest BCUT2D eigenvalue weighted by Crippen LogP contribution is -2.28. The summed E-state index contributed by atoms with van der Waals surface area (Å²) in [6, 6.07) is 74.5. The molecule has 3 aliphatic rings. The van der Waals surface area contributed by atoms with Crippen molar-refractivity contribution in [1.82, 2.24) is 0 Å². The summed E-state index contributed by atoms with van der Waals surface area (Å²) in [5.41, 5.74) is 22.6. The van der Waals surface area contributed by atoms with Gasteiger partial charge in [-0.25, -0.2) is 0 Å². The van der Waals surface area contributed by atoms with Gasteiger partial charge < -0.3 is 9.32 Å². The summed E-state index contributed by atoms with van der Waals surface area (Å²) in [5.74, 6) is 0. The smallest absolute Gasteiger partial charge is 0.137 e. The van der Waals surface area contributed by atoms with E-state index in [2.05, 4.69) is 233 Å². The largest absolute Gasteiger partial charge is 0.456 e. The number of furan rings is 1. The molecule has 2 heteroatoms. The molecule has 0 fully saturated rings. The van der Waals surface area contributed by atoms with E-state index >= 15 is 0 Å². The highest BCUT2D eigenvalue weighted by Gasteiger charge is 2.46. The molecule has 0 radical (unpaired) electrons. The Labute approximate surface area is 368 Å². The Kier molecular flexibility index (Phi) is 7.37. The van der Waals surface area contributed by atoms with Crippen molar-refractivity contribution in [2.24, 2.45) is 0 Å². The molecule has 300 valence electrons. The van der Waals surface area contributed by atoms with Crippen molar-refractivity contribution in [3.8, 4) is 33.4 Å². The van der Waals surface area contributed by atoms with Gasteiger partial charge in [0.05, 0.1) is 16.5 Å². The molecule has 2 nitrogen and oxygen atoms in total. The summed E-state index contributed by atoms with van der Waals surface area (Å²) < 4.78 is 7.04. The summed E-state index contributed by atoms with van der Waals surface area (Å²) in [5, 5.41) is 2.20. The maximum absolute atomic E-state index is 7.04. The highest BCUT2D eigenvalue weighted by molar-refractivity contribution is 6.14. The zero-order valence-corrected chi connectivity index (χ0v) is 35.9. The van der Waals surface area contributed by atoms with Gasteiger partial charge >= 0.3 is 0 Å². The van der Waals surface area contributed by atoms with Gasteiger partial charge in [-0.2, -0.15) is 0 Å². The molecule has 63 heavy (non-hydrogen) atoms. The maximum atomic E-state index is 7.04. The minimum atomic E-state index is -0.514. The normalized spacial score (nSPS) is 15.4. The molecule has 0 atom stereocenters. The van der Waals surface area contributed by atoms with Gasteiger partial charge in [0.25, 0.3) is 0 Å². The van der Waals surface area contributed by atoms with Crippen LogP contribution in [-0.4, -0.2) is 0 Å². The summed E-state index contributed by atoms with van der Waals surface area (Å²) in [4.78, 5) is 2.48. The first kappa shape index (κ1) is 36.3. The number of hydrogen-bond donors (Lipinski definition) is 0. The van der Waals surface area contributed by atoms with E-state index in [1.807, 2.05) is 0 Å². The van der Waals surface area contributed by atoms with Crippen LogP contribution in [-0.2, 0) is 16.2 Å². The van der Waals surface area contributed by atoms with Gasteiger partial charge in [-0.05, 0) is 120 Å². The highest BCUT2D eigenvalue weighted by Crippen LogP contribution is 2.58. The molecule has 0 N–H and O–H groups in total. The molecular formula is C61H45NO. The molecule has 10 aromatic rings. The average Bonchev–Trinajstić information content (AvgIpc) is 3.99. The topological polar surface area (TPSA) is 16.4 Å². The quantitative estimate of drug-likeness (QED) is 0.172. The lowest BCUT2D eigenvalue weighted by Gasteiger charge is -2.33. The molecule has 3 aliphatic carbocycles. The van der Waals surface area contributed by atoms with E-state index in [4.69, 9.17) is 4.42 Å². The SMILES string of the molecule is CC1(C)c2ccccc2-c2ccc(N(c3ccc4c(c3)C(C)(C)c3ccccc3-4)c3cccc4oc5cc(C6(c7ccccc7)c7ccccc7-c7ccccc76)ccc5c34)cc21. The summed E-state index contributed by atoms with van der Waals surface area (Å²) >= 11 is 0. The number of fused-ring (bicyclic) bond motifs is 12. The van der Waals surface area contributed by atoms with E-state index < -0.39 is 5.41 Å². The Morgan fingerprint density at radius 1 is 0.349 bits per heavy atom. The third-order valence-electron chi connectivity index (χ3n) is 15.0. The first-order valence-corrected chi connectivity index (χ1v) is 22.3. The van der Waals surface area contributed by atoms with Gasteiger partial charge in [-0.15, -0.1) is 0 Å². The van der Waals surface area contributed by atoms with Gasteiger partial charge in [0.1, 0.15) is 11.2 Å². The van der Waals surface area contributed by atoms with E-state index in [1.54, 1.807) is 0 Å². The Hall–Kier alpha value is -7.42. The van der Waals surface area contributed by atoms with Crippen LogP contribution in [0, 0.1) is 0 Å². The number of anilines is 3. The predicted octanol–water partition coefficient (Wildman–Crippen LogP) is 16.0. The van der Waals surface area contributed by atoms with Gasteiger partial charge in [-0.1, -0.05) is 185 Å². The third-order valence-corrected chi connectivity index (χ3v) is 15.0. The van der Waals surface area contributed by atoms with E-state index in [-0.39, 0.29) is 10.8 Å². The molecule has 1 heterocycles. The van der Waals surface area contributed by atoms with Crippen LogP contribution in [0.15, 0.2) is 205 Å². The van der Waals surface area contributed by atoms with Crippen LogP contribution in [0.25, 0.3) is 55.3 Å². The van der Waals surface area contributed by atoms with E-state index in [9.17, 15) is 0 Å². The Bertz CT molecular complexity index is 3380. The predicted molar refractivity (Wildman–Crippen MR) is 261 cm³/mol. The molecule has 13 rings (SSSR count). The van der Waals surface area contributed by atoms with E-state index in [1.165, 1.54) is 77.9 Å². The molecule has 1 aromatic heterocycles. The summed E-state index contributed by atoms with van der Waals surface area (Å²) in [6.07, 6.45) is 0. The van der Waals surface area contributed by atoms with E-state index in [0.717, 1.165) is 39.0 Å². The lowest BCUT2D eigenvalue weighted by atomic mass is 9.67. The second-order valence-electron chi connectivity index (χ2n) is 18.8. The molecule has 0 saturated carbocycles. The van der Waals surface area contributed by atoms with Crippen molar-refractivity contribution in [3.63, 3.8) is 0 Å². The minimum Gasteiger partial charge on any atom is -0.456 e. The van der Waals surface area contributed by atoms with Crippen molar-refractivity contribution in [2.75, 3.05) is 4.90 Å². The molecule has 0 saturated heterocycles. The van der Waals surface area contributed by atoms with Gasteiger partial charge in [0, 0.05) is 27.6 Å². The number of benzene rings is 9. The standard InChI is InChI=1S/C61H45NO/c1-59(2)49-23-12-8-19-42(49)46-33-30-40(36-53(46)59)62(41-31-34-47-43-20-9-13-24-50(43)60(3,4)54(47)37-41)55-27-16-28-56-58(55)48-32-29-39(35-57(48)63-56)61(38-17-6-5-7-18-38)51-25-14-10-21-44(51)45-22-11-15-26-52(45)61/h5-37H,1-4H3. The minimum absolute atomic E-state index is 0.147. The highest BCUT2D eigenvalue weighted by atomic mass is 16.3. The molecule has 0 amide bonds. The molecule has 0 unspecified atom stereocenters. The fourth-order valence-electron chi connectivity index (χ4n) is 12.0. The fraction of sp³-hybridized carbons (Fsp3) is 0.115. The number of nitrogens with zero attached hydrogens (tertiary/aromatic N) is 1. The Morgan fingerprint density at radius 2 is 0.825 bits per heavy atom. The molecule has 0 bridgehead atoms. The van der Waals surface area contributed by atoms with Gasteiger partial charge in [0.15, 0.2) is 0 Å². The van der Waals surface area contributed by atoms with Crippen LogP contribution in [0.4, 0.5) is 17.1 Å². The summed E-state index contributed by atoms with van der Waals surface area (Å²) in [6.45, 7) is 9.47. The van der Waals surface area contributed by atoms with Crippen LogP contribution >= 0.6 is 0 Å². The fourth-order valence-corrected chi connectivity index (χ4v) is 12.0. The second-order valence-corrected chi connectivity index (χ2v) is 18.8. The van der Waals surface area contributed by atoms with Crippen LogP contribution in [0.5, 0.6) is 0 Å². The van der Waals surface area contributed by atoms with Crippen LogP contribution in [0.3, 0.4) is 0 Å². The third kappa shape index (κ3) is 4.79. The Morgan fingerprint density at radius 3 is 1.38 bits per heavy atom. The molecule has 0 spiro atoms. The van der Waals surface area contributed by atoms with Crippen molar-refractivity contribution >= 4 is 39.0 Å². The maximum Gasteiger partial charge on any atom is 0.137 e. The van der Waals surface area contributed by atoms with Crippen molar-refractivity contribution < 1.29 is 4.42 Å². The monoisotopic (exact) mass is 807 g/mol. The van der Waals surface area contributed by atoms with Crippen LogP contribution in [0.2, 0.25) is 0 Å². The number of hydrogen-bond acceptors (Lipinski definition) is 2. The zero-order valence-electron chi connectivity index (χ0n) is 35.9. The van der Waals surface area contributed by atoms with E-state index in [0.29, 0.717) is 0 Å². The van der Waals surface area contributed by atoms with Crippen molar-refractivity contribution in [1.29, 1.82) is 0 Å². The average molecular weight is 808 g/mol. The van der Waals surface area contributed by atoms with Crippen molar-refractivity contribution in [2.45, 2.75) is 43.9 Å². The Balaban J connectivity index is 1.05. The zero-order chi connectivity index (χ0) is 42.2. The lowest BCUT2D eigenvalue weighted by molar-refractivity contribution is 0.660. The first-order chi connectivity index (χ1) is 30.8. The molecule has 9 aromatic carbocycles. The number of rotatable bonds is 5. The van der Waals surface area contributed by atoms with Gasteiger partial charge in [0.2, 0.25) is 0 Å².